The third-order valence-corrected chi connectivity index (χ3v) is 4.93. The molecule has 0 radical (unpaired) electrons. The lowest BCUT2D eigenvalue weighted by molar-refractivity contribution is 0.223. The number of nitrogens with zero attached hydrogens (tertiary/aromatic N) is 2. The van der Waals surface area contributed by atoms with E-state index in [0.29, 0.717) is 17.2 Å². The quantitative estimate of drug-likeness (QED) is 0.399. The van der Waals surface area contributed by atoms with Crippen molar-refractivity contribution in [3.8, 4) is 11.8 Å². The average Bonchev–Trinajstić information content (AvgIpc) is 2.71. The Morgan fingerprint density at radius 2 is 1.56 bits per heavy atom. The van der Waals surface area contributed by atoms with Gasteiger partial charge in [0.1, 0.15) is 18.4 Å². The maximum Gasteiger partial charge on any atom is 0.119 e. The van der Waals surface area contributed by atoms with Gasteiger partial charge in [-0.05, 0) is 60.5 Å². The van der Waals surface area contributed by atoms with Gasteiger partial charge in [-0.1, -0.05) is 56.6 Å². The molecular weight excluding hydrogens is 356 g/mol. The van der Waals surface area contributed by atoms with E-state index < -0.39 is 0 Å². The van der Waals surface area contributed by atoms with Crippen molar-refractivity contribution in [1.82, 2.24) is 4.90 Å². The smallest absolute Gasteiger partial charge is 0.119 e. The van der Waals surface area contributed by atoms with Crippen molar-refractivity contribution in [2.24, 2.45) is 0 Å². The summed E-state index contributed by atoms with van der Waals surface area (Å²) in [5, 5.41) is 10.4. The SMILES string of the molecule is CCC(=C(C#N)c1ccc(Cl)cc1)c1ccc(OCCN(CC)CC)cc1. The van der Waals surface area contributed by atoms with Crippen LogP contribution >= 0.6 is 11.6 Å². The van der Waals surface area contributed by atoms with Gasteiger partial charge >= 0.3 is 0 Å². The first kappa shape index (κ1) is 21.0. The second-order valence-electron chi connectivity index (χ2n) is 6.23. The van der Waals surface area contributed by atoms with Gasteiger partial charge in [-0.2, -0.15) is 5.26 Å². The number of benzene rings is 2. The molecule has 0 saturated carbocycles. The van der Waals surface area contributed by atoms with Gasteiger partial charge in [0, 0.05) is 11.6 Å². The summed E-state index contributed by atoms with van der Waals surface area (Å²) in [5.74, 6) is 0.853. The third kappa shape index (κ3) is 5.85. The first-order chi connectivity index (χ1) is 13.1. The van der Waals surface area contributed by atoms with Gasteiger partial charge in [-0.25, -0.2) is 0 Å². The first-order valence-electron chi connectivity index (χ1n) is 9.47. The number of rotatable bonds is 9. The van der Waals surface area contributed by atoms with Crippen molar-refractivity contribution >= 4 is 22.7 Å². The molecule has 2 rings (SSSR count). The van der Waals surface area contributed by atoms with Crippen molar-refractivity contribution in [3.63, 3.8) is 0 Å². The van der Waals surface area contributed by atoms with Gasteiger partial charge in [0.25, 0.3) is 0 Å². The van der Waals surface area contributed by atoms with Gasteiger partial charge in [0.15, 0.2) is 0 Å². The number of nitriles is 1. The van der Waals surface area contributed by atoms with Crippen LogP contribution in [0.2, 0.25) is 5.02 Å². The molecule has 0 fully saturated rings. The highest BCUT2D eigenvalue weighted by Gasteiger charge is 2.10. The molecule has 2 aromatic rings. The van der Waals surface area contributed by atoms with Crippen molar-refractivity contribution in [2.75, 3.05) is 26.2 Å². The average molecular weight is 383 g/mol. The molecule has 0 heterocycles. The third-order valence-electron chi connectivity index (χ3n) is 4.67. The van der Waals surface area contributed by atoms with Crippen LogP contribution in [0.1, 0.15) is 38.3 Å². The van der Waals surface area contributed by atoms with E-state index in [1.165, 1.54) is 0 Å². The summed E-state index contributed by atoms with van der Waals surface area (Å²) in [6, 6.07) is 17.8. The van der Waals surface area contributed by atoms with Crippen molar-refractivity contribution in [1.29, 1.82) is 5.26 Å². The van der Waals surface area contributed by atoms with Crippen LogP contribution in [0.15, 0.2) is 48.5 Å². The lowest BCUT2D eigenvalue weighted by atomic mass is 9.93. The molecular formula is C23H27ClN2O. The molecule has 0 aliphatic heterocycles. The van der Waals surface area contributed by atoms with E-state index >= 15 is 0 Å². The predicted octanol–water partition coefficient (Wildman–Crippen LogP) is 5.90. The molecule has 0 unspecified atom stereocenters. The van der Waals surface area contributed by atoms with Crippen molar-refractivity contribution in [3.05, 3.63) is 64.7 Å². The van der Waals surface area contributed by atoms with E-state index in [4.69, 9.17) is 16.3 Å². The Kier molecular flexibility index (Phi) is 8.39. The van der Waals surface area contributed by atoms with Crippen molar-refractivity contribution in [2.45, 2.75) is 27.2 Å². The minimum atomic E-state index is 0.667. The Morgan fingerprint density at radius 1 is 0.963 bits per heavy atom. The minimum Gasteiger partial charge on any atom is -0.492 e. The Hall–Kier alpha value is -2.28. The van der Waals surface area contributed by atoms with Gasteiger partial charge < -0.3 is 9.64 Å². The molecule has 3 nitrogen and oxygen atoms in total. The number of halogens is 1. The van der Waals surface area contributed by atoms with E-state index in [1.807, 2.05) is 48.5 Å². The summed E-state index contributed by atoms with van der Waals surface area (Å²) in [7, 11) is 0. The second kappa shape index (κ2) is 10.8. The molecule has 2 aromatic carbocycles. The van der Waals surface area contributed by atoms with E-state index in [0.717, 1.165) is 48.5 Å². The highest BCUT2D eigenvalue weighted by atomic mass is 35.5. The molecule has 4 heteroatoms. The maximum absolute atomic E-state index is 9.71. The summed E-state index contributed by atoms with van der Waals surface area (Å²) in [5.41, 5.74) is 3.64. The van der Waals surface area contributed by atoms with E-state index in [9.17, 15) is 5.26 Å². The van der Waals surface area contributed by atoms with Crippen molar-refractivity contribution < 1.29 is 4.74 Å². The largest absolute Gasteiger partial charge is 0.492 e. The Balaban J connectivity index is 2.17. The normalized spacial score (nSPS) is 11.9. The summed E-state index contributed by atoms with van der Waals surface area (Å²) in [4.78, 5) is 2.33. The van der Waals surface area contributed by atoms with Gasteiger partial charge in [0.2, 0.25) is 0 Å². The molecule has 27 heavy (non-hydrogen) atoms. The van der Waals surface area contributed by atoms with Crippen LogP contribution < -0.4 is 4.74 Å². The van der Waals surface area contributed by atoms with E-state index in [1.54, 1.807) is 0 Å². The zero-order valence-electron chi connectivity index (χ0n) is 16.3. The standard InChI is InChI=1S/C23H27ClN2O/c1-4-22(23(17-25)19-7-11-20(24)12-8-19)18-9-13-21(14-10-18)27-16-15-26(5-2)6-3/h7-14H,4-6,15-16H2,1-3H3. The summed E-state index contributed by atoms with van der Waals surface area (Å²) < 4.78 is 5.86. The van der Waals surface area contributed by atoms with Gasteiger partial charge in [-0.3, -0.25) is 0 Å². The summed E-state index contributed by atoms with van der Waals surface area (Å²) >= 11 is 5.97. The molecule has 0 aromatic heterocycles. The molecule has 142 valence electrons. The molecule has 0 atom stereocenters. The molecule has 0 bridgehead atoms. The van der Waals surface area contributed by atoms with Crippen LogP contribution in [0.5, 0.6) is 5.75 Å². The maximum atomic E-state index is 9.71. The second-order valence-corrected chi connectivity index (χ2v) is 6.66. The number of hydrogen-bond acceptors (Lipinski definition) is 3. The van der Waals surface area contributed by atoms with Crippen LogP contribution in [0.4, 0.5) is 0 Å². The predicted molar refractivity (Wildman–Crippen MR) is 114 cm³/mol. The highest BCUT2D eigenvalue weighted by Crippen LogP contribution is 2.30. The first-order valence-corrected chi connectivity index (χ1v) is 9.85. The van der Waals surface area contributed by atoms with Gasteiger partial charge in [0.05, 0.1) is 5.57 Å². The number of allylic oxidation sites excluding steroid dienone is 2. The zero-order valence-corrected chi connectivity index (χ0v) is 17.1. The fourth-order valence-electron chi connectivity index (χ4n) is 3.03. The van der Waals surface area contributed by atoms with E-state index in [-0.39, 0.29) is 0 Å². The molecule has 0 N–H and O–H groups in total. The number of hydrogen-bond donors (Lipinski definition) is 0. The fraction of sp³-hybridized carbons (Fsp3) is 0.348. The lowest BCUT2D eigenvalue weighted by Crippen LogP contribution is -2.27. The van der Waals surface area contributed by atoms with Gasteiger partial charge in [-0.15, -0.1) is 0 Å². The fourth-order valence-corrected chi connectivity index (χ4v) is 3.16. The van der Waals surface area contributed by atoms with E-state index in [2.05, 4.69) is 31.7 Å². The van der Waals surface area contributed by atoms with Crippen LogP contribution in [-0.2, 0) is 0 Å². The Bertz CT molecular complexity index is 785. The number of likely N-dealkylation sites (N-methyl/N-ethyl adjacent to an activating group) is 1. The monoisotopic (exact) mass is 382 g/mol. The molecule has 0 spiro atoms. The highest BCUT2D eigenvalue weighted by molar-refractivity contribution is 6.30. The zero-order chi connectivity index (χ0) is 19.6. The molecule has 0 saturated heterocycles. The van der Waals surface area contributed by atoms with Crippen LogP contribution in [0.25, 0.3) is 11.1 Å². The topological polar surface area (TPSA) is 36.3 Å². The molecule has 0 aliphatic carbocycles. The van der Waals surface area contributed by atoms with Crippen LogP contribution in [0, 0.1) is 11.3 Å². The van der Waals surface area contributed by atoms with Crippen LogP contribution in [0.3, 0.4) is 0 Å². The minimum absolute atomic E-state index is 0.667. The lowest BCUT2D eigenvalue weighted by Gasteiger charge is -2.18. The summed E-state index contributed by atoms with van der Waals surface area (Å²) in [6.45, 7) is 10.0. The Morgan fingerprint density at radius 3 is 2.07 bits per heavy atom. The molecule has 0 amide bonds. The summed E-state index contributed by atoms with van der Waals surface area (Å²) in [6.07, 6.45) is 0.772. The molecule has 0 aliphatic rings. The number of ether oxygens (including phenoxy) is 1. The Labute approximate surface area is 167 Å². The van der Waals surface area contributed by atoms with Crippen LogP contribution in [-0.4, -0.2) is 31.1 Å².